The van der Waals surface area contributed by atoms with Gasteiger partial charge in [-0.25, -0.2) is 0 Å². The third-order valence-electron chi connectivity index (χ3n) is 3.30. The zero-order valence-electron chi connectivity index (χ0n) is 15.1. The Morgan fingerprint density at radius 1 is 1.26 bits per heavy atom. The van der Waals surface area contributed by atoms with Crippen LogP contribution in [0, 0.1) is 11.3 Å². The van der Waals surface area contributed by atoms with Gasteiger partial charge in [0, 0.05) is 19.5 Å². The van der Waals surface area contributed by atoms with Crippen molar-refractivity contribution in [1.29, 1.82) is 5.26 Å². The highest BCUT2D eigenvalue weighted by atomic mass is 16.5. The Kier molecular flexibility index (Phi) is 11.6. The van der Waals surface area contributed by atoms with Crippen LogP contribution in [-0.2, 0) is 16.0 Å². The maximum absolute atomic E-state index is 12.1. The summed E-state index contributed by atoms with van der Waals surface area (Å²) in [6.45, 7) is 12.0. The van der Waals surface area contributed by atoms with Crippen molar-refractivity contribution in [2.45, 2.75) is 53.6 Å². The van der Waals surface area contributed by atoms with Gasteiger partial charge in [0.05, 0.1) is 24.3 Å². The molecular weight excluding hydrogens is 288 g/mol. The van der Waals surface area contributed by atoms with Gasteiger partial charge in [0.25, 0.3) is 0 Å². The molecule has 1 aromatic rings. The Morgan fingerprint density at radius 3 is 2.39 bits per heavy atom. The fourth-order valence-electron chi connectivity index (χ4n) is 2.20. The highest BCUT2D eigenvalue weighted by Crippen LogP contribution is 2.10. The summed E-state index contributed by atoms with van der Waals surface area (Å²) in [5.74, 6) is 0.180. The second kappa shape index (κ2) is 12.7. The van der Waals surface area contributed by atoms with Crippen molar-refractivity contribution in [3.63, 3.8) is 0 Å². The van der Waals surface area contributed by atoms with Crippen molar-refractivity contribution >= 4 is 5.91 Å². The molecule has 1 heterocycles. The number of morpholine rings is 1. The molecule has 0 bridgehead atoms. The fraction of sp³-hybridized carbons (Fsp3) is 0.579. The number of nitrogens with zero attached hydrogens (tertiary/aromatic N) is 2. The van der Waals surface area contributed by atoms with Crippen molar-refractivity contribution < 1.29 is 9.53 Å². The van der Waals surface area contributed by atoms with E-state index in [4.69, 9.17) is 10.00 Å². The van der Waals surface area contributed by atoms with Gasteiger partial charge in [-0.3, -0.25) is 4.79 Å². The summed E-state index contributed by atoms with van der Waals surface area (Å²) in [4.78, 5) is 13.9. The third-order valence-corrected chi connectivity index (χ3v) is 3.30. The van der Waals surface area contributed by atoms with Gasteiger partial charge in [-0.15, -0.1) is 0 Å². The molecule has 0 radical (unpaired) electrons. The molecule has 23 heavy (non-hydrogen) atoms. The lowest BCUT2D eigenvalue weighted by Gasteiger charge is -2.31. The van der Waals surface area contributed by atoms with Gasteiger partial charge >= 0.3 is 0 Å². The molecule has 0 aromatic heterocycles. The zero-order chi connectivity index (χ0) is 17.7. The summed E-state index contributed by atoms with van der Waals surface area (Å²) < 4.78 is 5.42. The zero-order valence-corrected chi connectivity index (χ0v) is 15.1. The molecule has 4 nitrogen and oxygen atoms in total. The largest absolute Gasteiger partial charge is 0.375 e. The molecule has 0 spiro atoms. The lowest BCUT2D eigenvalue weighted by atomic mass is 10.1. The normalized spacial score (nSPS) is 16.2. The summed E-state index contributed by atoms with van der Waals surface area (Å²) in [6.07, 6.45) is 1.36. The van der Waals surface area contributed by atoms with Gasteiger partial charge in [-0.2, -0.15) is 5.26 Å². The second-order valence-electron chi connectivity index (χ2n) is 4.83. The molecular formula is C19H30N2O2. The molecule has 4 heteroatoms. The Hall–Kier alpha value is -1.86. The number of carbonyl (C=O) groups excluding carboxylic acids is 1. The number of rotatable bonds is 3. The minimum Gasteiger partial charge on any atom is -0.375 e. The number of hydrogen-bond donors (Lipinski definition) is 0. The van der Waals surface area contributed by atoms with Crippen LogP contribution in [0.15, 0.2) is 24.3 Å². The van der Waals surface area contributed by atoms with Gasteiger partial charge in [0.2, 0.25) is 5.91 Å². The Morgan fingerprint density at radius 2 is 1.87 bits per heavy atom. The van der Waals surface area contributed by atoms with Crippen LogP contribution in [0.2, 0.25) is 0 Å². The number of carbonyl (C=O) groups is 1. The fourth-order valence-corrected chi connectivity index (χ4v) is 2.20. The van der Waals surface area contributed by atoms with Crippen LogP contribution in [0.5, 0.6) is 0 Å². The van der Waals surface area contributed by atoms with E-state index in [1.54, 1.807) is 12.1 Å². The number of amides is 1. The molecule has 0 N–H and O–H groups in total. The van der Waals surface area contributed by atoms with E-state index >= 15 is 0 Å². The molecule has 1 aliphatic rings. The van der Waals surface area contributed by atoms with Gasteiger partial charge in [-0.1, -0.05) is 39.8 Å². The summed E-state index contributed by atoms with van der Waals surface area (Å²) >= 11 is 0. The number of nitriles is 1. The van der Waals surface area contributed by atoms with E-state index in [1.165, 1.54) is 0 Å². The van der Waals surface area contributed by atoms with E-state index in [1.807, 2.05) is 51.7 Å². The number of benzene rings is 1. The quantitative estimate of drug-likeness (QED) is 0.852. The highest BCUT2D eigenvalue weighted by Gasteiger charge is 2.20. The average molecular weight is 318 g/mol. The number of ether oxygens (including phenoxy) is 1. The lowest BCUT2D eigenvalue weighted by molar-refractivity contribution is -0.138. The third kappa shape index (κ3) is 7.80. The molecule has 2 rings (SSSR count). The molecule has 1 fully saturated rings. The van der Waals surface area contributed by atoms with E-state index in [0.29, 0.717) is 31.7 Å². The van der Waals surface area contributed by atoms with Crippen LogP contribution in [0.25, 0.3) is 0 Å². The predicted molar refractivity (Wildman–Crippen MR) is 94.2 cm³/mol. The summed E-state index contributed by atoms with van der Waals surface area (Å²) in [5, 5.41) is 8.72. The average Bonchev–Trinajstić information content (AvgIpc) is 2.63. The van der Waals surface area contributed by atoms with Crippen molar-refractivity contribution in [3.05, 3.63) is 35.4 Å². The first-order valence-electron chi connectivity index (χ1n) is 8.57. The molecule has 1 aromatic carbocycles. The first-order valence-corrected chi connectivity index (χ1v) is 8.57. The second-order valence-corrected chi connectivity index (χ2v) is 4.83. The van der Waals surface area contributed by atoms with Crippen molar-refractivity contribution in [1.82, 2.24) is 4.90 Å². The Labute approximate surface area is 141 Å². The van der Waals surface area contributed by atoms with E-state index in [2.05, 4.69) is 6.07 Å². The van der Waals surface area contributed by atoms with Crippen LogP contribution >= 0.6 is 0 Å². The van der Waals surface area contributed by atoms with Gasteiger partial charge < -0.3 is 9.64 Å². The first kappa shape index (κ1) is 21.1. The van der Waals surface area contributed by atoms with Crippen LogP contribution in [0.1, 0.15) is 52.2 Å². The van der Waals surface area contributed by atoms with E-state index < -0.39 is 0 Å². The van der Waals surface area contributed by atoms with Crippen molar-refractivity contribution in [2.24, 2.45) is 0 Å². The number of aryl methyl sites for hydroxylation is 1. The first-order chi connectivity index (χ1) is 11.2. The minimum atomic E-state index is 0.132. The molecule has 0 saturated carbocycles. The Balaban J connectivity index is 0.00000112. The minimum absolute atomic E-state index is 0.132. The van der Waals surface area contributed by atoms with E-state index in [-0.39, 0.29) is 12.0 Å². The molecule has 0 aliphatic carbocycles. The molecule has 1 amide bonds. The van der Waals surface area contributed by atoms with Gasteiger partial charge in [0.1, 0.15) is 0 Å². The predicted octanol–water partition coefficient (Wildman–Crippen LogP) is 3.79. The summed E-state index contributed by atoms with van der Waals surface area (Å²) in [5.41, 5.74) is 1.74. The smallest absolute Gasteiger partial charge is 0.223 e. The summed E-state index contributed by atoms with van der Waals surface area (Å²) in [6, 6.07) is 9.48. The topological polar surface area (TPSA) is 53.3 Å². The number of hydrogen-bond acceptors (Lipinski definition) is 3. The molecule has 1 unspecified atom stereocenters. The van der Waals surface area contributed by atoms with Crippen LogP contribution < -0.4 is 0 Å². The van der Waals surface area contributed by atoms with Gasteiger partial charge in [-0.05, 0) is 31.0 Å². The molecule has 1 saturated heterocycles. The Bertz CT molecular complexity index is 477. The van der Waals surface area contributed by atoms with Gasteiger partial charge in [0.15, 0.2) is 0 Å². The molecule has 1 aliphatic heterocycles. The van der Waals surface area contributed by atoms with Crippen LogP contribution in [0.4, 0.5) is 0 Å². The van der Waals surface area contributed by atoms with Crippen molar-refractivity contribution in [3.8, 4) is 6.07 Å². The van der Waals surface area contributed by atoms with E-state index in [0.717, 1.165) is 12.0 Å². The maximum atomic E-state index is 12.1. The lowest BCUT2D eigenvalue weighted by Crippen LogP contribution is -2.44. The van der Waals surface area contributed by atoms with Crippen LogP contribution in [-0.4, -0.2) is 36.6 Å². The van der Waals surface area contributed by atoms with E-state index in [9.17, 15) is 4.79 Å². The SMILES string of the molecule is CC.CC.CC1CN(C(=O)CCc2ccc(C#N)cc2)CCO1. The summed E-state index contributed by atoms with van der Waals surface area (Å²) in [7, 11) is 0. The molecule has 1 atom stereocenters. The monoisotopic (exact) mass is 318 g/mol. The van der Waals surface area contributed by atoms with Crippen molar-refractivity contribution in [2.75, 3.05) is 19.7 Å². The molecule has 128 valence electrons. The highest BCUT2D eigenvalue weighted by molar-refractivity contribution is 5.76. The maximum Gasteiger partial charge on any atom is 0.223 e. The standard InChI is InChI=1S/C15H18N2O2.2C2H6/c1-12-11-17(8-9-19-12)15(18)7-6-13-2-4-14(10-16)5-3-13;2*1-2/h2-5,12H,6-9,11H2,1H3;2*1-2H3. The van der Waals surface area contributed by atoms with Crippen LogP contribution in [0.3, 0.4) is 0 Å².